The van der Waals surface area contributed by atoms with Crippen molar-refractivity contribution in [2.24, 2.45) is 0 Å². The Morgan fingerprint density at radius 3 is 3.00 bits per heavy atom. The van der Waals surface area contributed by atoms with Crippen molar-refractivity contribution in [3.05, 3.63) is 40.6 Å². The average molecular weight is 260 g/mol. The van der Waals surface area contributed by atoms with Crippen LogP contribution < -0.4 is 5.73 Å². The van der Waals surface area contributed by atoms with E-state index in [2.05, 4.69) is 9.97 Å². The number of imidazole rings is 1. The van der Waals surface area contributed by atoms with Crippen LogP contribution in [0.1, 0.15) is 10.7 Å². The van der Waals surface area contributed by atoms with Crippen LogP contribution in [0.3, 0.4) is 0 Å². The van der Waals surface area contributed by atoms with Gasteiger partial charge in [0, 0.05) is 16.8 Å². The van der Waals surface area contributed by atoms with Gasteiger partial charge in [-0.3, -0.25) is 4.98 Å². The maximum absolute atomic E-state index is 9.39. The van der Waals surface area contributed by atoms with Crippen LogP contribution in [0.25, 0.3) is 11.0 Å². The Balaban J connectivity index is 2.13. The zero-order valence-electron chi connectivity index (χ0n) is 9.58. The van der Waals surface area contributed by atoms with E-state index >= 15 is 0 Å². The molecule has 3 aromatic rings. The smallest absolute Gasteiger partial charge is 0.136 e. The Bertz CT molecular complexity index is 675. The first-order valence-electron chi connectivity index (χ1n) is 5.51. The molecule has 3 rings (SSSR count). The summed E-state index contributed by atoms with van der Waals surface area (Å²) >= 11 is 1.59. The van der Waals surface area contributed by atoms with Gasteiger partial charge in [0.05, 0.1) is 23.1 Å². The van der Waals surface area contributed by atoms with E-state index in [0.29, 0.717) is 18.1 Å². The molecule has 0 atom stereocenters. The first-order chi connectivity index (χ1) is 8.78. The number of anilines is 1. The lowest BCUT2D eigenvalue weighted by Gasteiger charge is -2.05. The normalized spacial score (nSPS) is 11.2. The molecule has 6 heteroatoms. The fourth-order valence-electron chi connectivity index (χ4n) is 1.97. The predicted molar refractivity (Wildman–Crippen MR) is 71.3 cm³/mol. The van der Waals surface area contributed by atoms with E-state index in [-0.39, 0.29) is 6.61 Å². The number of hydrogen-bond donors (Lipinski definition) is 2. The molecule has 0 saturated carbocycles. The van der Waals surface area contributed by atoms with Crippen LogP contribution >= 0.6 is 11.3 Å². The summed E-state index contributed by atoms with van der Waals surface area (Å²) in [6.45, 7) is 0.578. The molecule has 0 spiro atoms. The van der Waals surface area contributed by atoms with Crippen molar-refractivity contribution < 1.29 is 5.11 Å². The van der Waals surface area contributed by atoms with Crippen molar-refractivity contribution in [3.63, 3.8) is 0 Å². The highest BCUT2D eigenvalue weighted by Crippen LogP contribution is 2.21. The molecule has 0 unspecified atom stereocenters. The Kier molecular flexibility index (Phi) is 2.73. The number of aromatic nitrogens is 3. The number of thiazole rings is 1. The summed E-state index contributed by atoms with van der Waals surface area (Å²) in [4.78, 5) is 9.57. The number of hydrogen-bond acceptors (Lipinski definition) is 5. The van der Waals surface area contributed by atoms with Gasteiger partial charge in [0.25, 0.3) is 0 Å². The van der Waals surface area contributed by atoms with Crippen LogP contribution in [0.4, 0.5) is 5.69 Å². The number of nitrogens with zero attached hydrogens (tertiary/aromatic N) is 3. The molecule has 0 aliphatic heterocycles. The van der Waals surface area contributed by atoms with Gasteiger partial charge in [0.15, 0.2) is 0 Å². The lowest BCUT2D eigenvalue weighted by Crippen LogP contribution is -2.03. The molecule has 0 fully saturated rings. The van der Waals surface area contributed by atoms with Crippen LogP contribution in [0, 0.1) is 0 Å². The third-order valence-electron chi connectivity index (χ3n) is 2.79. The molecule has 18 heavy (non-hydrogen) atoms. The molecule has 0 bridgehead atoms. The lowest BCUT2D eigenvalue weighted by molar-refractivity contribution is 0.267. The molecular formula is C12H12N4OS. The van der Waals surface area contributed by atoms with Crippen molar-refractivity contribution in [1.29, 1.82) is 0 Å². The molecule has 0 saturated heterocycles. The van der Waals surface area contributed by atoms with E-state index < -0.39 is 0 Å². The standard InChI is InChI=1S/C12H12N4OS/c13-8-1-2-11-10(3-8)15-12(6-17)16(11)5-9-4-14-7-18-9/h1-4,7,17H,5-6,13H2. The second-order valence-electron chi connectivity index (χ2n) is 3.99. The Hall–Kier alpha value is -1.92. The zero-order chi connectivity index (χ0) is 12.5. The third kappa shape index (κ3) is 1.85. The molecule has 0 aliphatic carbocycles. The number of nitrogens with two attached hydrogens (primary N) is 1. The summed E-state index contributed by atoms with van der Waals surface area (Å²) < 4.78 is 1.99. The molecule has 1 aromatic carbocycles. The number of benzene rings is 1. The Morgan fingerprint density at radius 1 is 1.39 bits per heavy atom. The molecule has 5 nitrogen and oxygen atoms in total. The lowest BCUT2D eigenvalue weighted by atomic mass is 10.3. The molecule has 0 aliphatic rings. The summed E-state index contributed by atoms with van der Waals surface area (Å²) in [5, 5.41) is 9.39. The summed E-state index contributed by atoms with van der Waals surface area (Å²) in [7, 11) is 0. The van der Waals surface area contributed by atoms with Gasteiger partial charge in [0.1, 0.15) is 12.4 Å². The van der Waals surface area contributed by atoms with Gasteiger partial charge in [-0.15, -0.1) is 11.3 Å². The minimum atomic E-state index is -0.0899. The average Bonchev–Trinajstić information content (AvgIpc) is 2.97. The number of aliphatic hydroxyl groups is 1. The van der Waals surface area contributed by atoms with E-state index in [0.717, 1.165) is 15.9 Å². The van der Waals surface area contributed by atoms with Crippen molar-refractivity contribution in [3.8, 4) is 0 Å². The fourth-order valence-corrected chi connectivity index (χ4v) is 2.55. The zero-order valence-corrected chi connectivity index (χ0v) is 10.4. The first-order valence-corrected chi connectivity index (χ1v) is 6.39. The minimum Gasteiger partial charge on any atom is -0.399 e. The molecule has 0 radical (unpaired) electrons. The van der Waals surface area contributed by atoms with Gasteiger partial charge >= 0.3 is 0 Å². The number of rotatable bonds is 3. The Labute approximate surface area is 108 Å². The molecule has 2 aromatic heterocycles. The van der Waals surface area contributed by atoms with Gasteiger partial charge < -0.3 is 15.4 Å². The van der Waals surface area contributed by atoms with Crippen LogP contribution in [0.15, 0.2) is 29.9 Å². The van der Waals surface area contributed by atoms with E-state index in [9.17, 15) is 5.11 Å². The molecule has 92 valence electrons. The number of nitrogen functional groups attached to an aromatic ring is 1. The molecule has 0 amide bonds. The van der Waals surface area contributed by atoms with E-state index in [4.69, 9.17) is 5.73 Å². The van der Waals surface area contributed by atoms with Crippen LogP contribution in [-0.2, 0) is 13.2 Å². The molecule has 3 N–H and O–H groups in total. The van der Waals surface area contributed by atoms with Gasteiger partial charge in [-0.05, 0) is 18.2 Å². The van der Waals surface area contributed by atoms with Crippen molar-refractivity contribution in [1.82, 2.24) is 14.5 Å². The second-order valence-corrected chi connectivity index (χ2v) is 4.96. The second kappa shape index (κ2) is 4.40. The Morgan fingerprint density at radius 2 is 2.28 bits per heavy atom. The van der Waals surface area contributed by atoms with E-state index in [1.54, 1.807) is 16.8 Å². The van der Waals surface area contributed by atoms with Crippen molar-refractivity contribution in [2.45, 2.75) is 13.2 Å². The van der Waals surface area contributed by atoms with Crippen LogP contribution in [0.2, 0.25) is 0 Å². The highest BCUT2D eigenvalue weighted by atomic mass is 32.1. The van der Waals surface area contributed by atoms with E-state index in [1.165, 1.54) is 0 Å². The van der Waals surface area contributed by atoms with Gasteiger partial charge in [0.2, 0.25) is 0 Å². The molecule has 2 heterocycles. The van der Waals surface area contributed by atoms with Crippen LogP contribution in [0.5, 0.6) is 0 Å². The minimum absolute atomic E-state index is 0.0899. The summed E-state index contributed by atoms with van der Waals surface area (Å²) in [6, 6.07) is 5.59. The topological polar surface area (TPSA) is 77.0 Å². The molecular weight excluding hydrogens is 248 g/mol. The van der Waals surface area contributed by atoms with Gasteiger partial charge in [-0.1, -0.05) is 0 Å². The summed E-state index contributed by atoms with van der Waals surface area (Å²) in [5.74, 6) is 0.643. The fraction of sp³-hybridized carbons (Fsp3) is 0.167. The monoisotopic (exact) mass is 260 g/mol. The number of fused-ring (bicyclic) bond motifs is 1. The third-order valence-corrected chi connectivity index (χ3v) is 3.55. The number of aliphatic hydroxyl groups excluding tert-OH is 1. The van der Waals surface area contributed by atoms with Gasteiger partial charge in [-0.25, -0.2) is 4.98 Å². The first kappa shape index (κ1) is 11.2. The van der Waals surface area contributed by atoms with Gasteiger partial charge in [-0.2, -0.15) is 0 Å². The highest BCUT2D eigenvalue weighted by Gasteiger charge is 2.11. The van der Waals surface area contributed by atoms with Crippen LogP contribution in [-0.4, -0.2) is 19.6 Å². The maximum atomic E-state index is 9.39. The van der Waals surface area contributed by atoms with E-state index in [1.807, 2.05) is 29.0 Å². The SMILES string of the molecule is Nc1ccc2c(c1)nc(CO)n2Cc1cncs1. The largest absolute Gasteiger partial charge is 0.399 e. The quantitative estimate of drug-likeness (QED) is 0.701. The predicted octanol–water partition coefficient (Wildman–Crippen LogP) is 1.62. The maximum Gasteiger partial charge on any atom is 0.136 e. The highest BCUT2D eigenvalue weighted by molar-refractivity contribution is 7.09. The summed E-state index contributed by atoms with van der Waals surface area (Å²) in [5.41, 5.74) is 10.00. The van der Waals surface area contributed by atoms with Crippen molar-refractivity contribution >= 4 is 28.1 Å². The van der Waals surface area contributed by atoms with Crippen molar-refractivity contribution in [2.75, 3.05) is 5.73 Å². The summed E-state index contributed by atoms with van der Waals surface area (Å²) in [6.07, 6.45) is 1.83.